The first-order valence-electron chi connectivity index (χ1n) is 6.35. The number of hydrogen-bond donors (Lipinski definition) is 1. The van der Waals surface area contributed by atoms with E-state index < -0.39 is 0 Å². The minimum absolute atomic E-state index is 0.226. The molecule has 2 aromatic carbocycles. The highest BCUT2D eigenvalue weighted by Crippen LogP contribution is 2.24. The van der Waals surface area contributed by atoms with Gasteiger partial charge in [-0.25, -0.2) is 9.67 Å². The van der Waals surface area contributed by atoms with Crippen molar-refractivity contribution in [2.24, 2.45) is 0 Å². The Balaban J connectivity index is 1.93. The zero-order valence-electron chi connectivity index (χ0n) is 11.2. The zero-order valence-corrected chi connectivity index (χ0v) is 13.5. The van der Waals surface area contributed by atoms with Crippen LogP contribution in [-0.4, -0.2) is 20.7 Å². The van der Waals surface area contributed by atoms with Gasteiger partial charge in [0.15, 0.2) is 0 Å². The minimum atomic E-state index is -0.226. The highest BCUT2D eigenvalue weighted by atomic mass is 79.9. The molecule has 1 aromatic heterocycles. The summed E-state index contributed by atoms with van der Waals surface area (Å²) in [6.45, 7) is 0. The van der Waals surface area contributed by atoms with Crippen molar-refractivity contribution >= 4 is 39.1 Å². The first kappa shape index (κ1) is 14.7. The van der Waals surface area contributed by atoms with Gasteiger partial charge in [-0.15, -0.1) is 0 Å². The molecule has 3 aromatic rings. The Hall–Kier alpha value is -2.18. The van der Waals surface area contributed by atoms with Crippen molar-refractivity contribution in [2.75, 3.05) is 5.32 Å². The molecule has 5 nitrogen and oxygen atoms in total. The zero-order chi connectivity index (χ0) is 15.5. The SMILES string of the molecule is O=C(Nc1cc(Cl)ccc1-n1cncn1)c1ccc(Br)cc1. The number of nitrogens with one attached hydrogen (secondary N) is 1. The van der Waals surface area contributed by atoms with E-state index in [0.29, 0.717) is 22.0 Å². The van der Waals surface area contributed by atoms with Crippen molar-refractivity contribution in [3.63, 3.8) is 0 Å². The number of amides is 1. The van der Waals surface area contributed by atoms with Crippen molar-refractivity contribution in [3.05, 3.63) is 70.2 Å². The molecule has 110 valence electrons. The minimum Gasteiger partial charge on any atom is -0.320 e. The summed E-state index contributed by atoms with van der Waals surface area (Å²) in [5.74, 6) is -0.226. The molecule has 7 heteroatoms. The fourth-order valence-corrected chi connectivity index (χ4v) is 2.37. The summed E-state index contributed by atoms with van der Waals surface area (Å²) < 4.78 is 2.48. The summed E-state index contributed by atoms with van der Waals surface area (Å²) in [5.41, 5.74) is 1.80. The number of halogens is 2. The van der Waals surface area contributed by atoms with Crippen molar-refractivity contribution in [2.45, 2.75) is 0 Å². The van der Waals surface area contributed by atoms with E-state index in [2.05, 4.69) is 31.3 Å². The second kappa shape index (κ2) is 6.29. The van der Waals surface area contributed by atoms with Crippen molar-refractivity contribution in [1.82, 2.24) is 14.8 Å². The van der Waals surface area contributed by atoms with Gasteiger partial charge in [0, 0.05) is 15.1 Å². The normalized spacial score (nSPS) is 10.5. The van der Waals surface area contributed by atoms with E-state index in [-0.39, 0.29) is 5.91 Å². The molecule has 0 spiro atoms. The summed E-state index contributed by atoms with van der Waals surface area (Å²) in [6, 6.07) is 12.3. The Kier molecular flexibility index (Phi) is 4.22. The molecule has 0 aliphatic rings. The number of nitrogens with zero attached hydrogens (tertiary/aromatic N) is 3. The summed E-state index contributed by atoms with van der Waals surface area (Å²) >= 11 is 9.37. The van der Waals surface area contributed by atoms with Crippen LogP contribution in [0.15, 0.2) is 59.6 Å². The van der Waals surface area contributed by atoms with Crippen LogP contribution in [0.3, 0.4) is 0 Å². The van der Waals surface area contributed by atoms with E-state index >= 15 is 0 Å². The summed E-state index contributed by atoms with van der Waals surface area (Å²) in [7, 11) is 0. The molecule has 0 saturated carbocycles. The van der Waals surface area contributed by atoms with Gasteiger partial charge in [0.1, 0.15) is 12.7 Å². The summed E-state index contributed by atoms with van der Waals surface area (Å²) in [4.78, 5) is 16.3. The van der Waals surface area contributed by atoms with Crippen molar-refractivity contribution in [3.8, 4) is 5.69 Å². The smallest absolute Gasteiger partial charge is 0.255 e. The quantitative estimate of drug-likeness (QED) is 0.752. The lowest BCUT2D eigenvalue weighted by molar-refractivity contribution is 0.102. The molecule has 3 rings (SSSR count). The van der Waals surface area contributed by atoms with Gasteiger partial charge < -0.3 is 5.32 Å². The van der Waals surface area contributed by atoms with Crippen LogP contribution in [0.1, 0.15) is 10.4 Å². The number of carbonyl (C=O) groups is 1. The van der Waals surface area contributed by atoms with Gasteiger partial charge in [0.25, 0.3) is 5.91 Å². The van der Waals surface area contributed by atoms with Gasteiger partial charge in [-0.3, -0.25) is 4.79 Å². The first-order valence-corrected chi connectivity index (χ1v) is 7.52. The molecule has 1 heterocycles. The van der Waals surface area contributed by atoms with Gasteiger partial charge in [-0.2, -0.15) is 5.10 Å². The number of carbonyl (C=O) groups excluding carboxylic acids is 1. The van der Waals surface area contributed by atoms with E-state index in [0.717, 1.165) is 4.47 Å². The number of benzene rings is 2. The molecular formula is C15H10BrClN4O. The lowest BCUT2D eigenvalue weighted by Gasteiger charge is -2.11. The van der Waals surface area contributed by atoms with Crippen LogP contribution in [0.2, 0.25) is 5.02 Å². The predicted molar refractivity (Wildman–Crippen MR) is 88.5 cm³/mol. The molecule has 0 unspecified atom stereocenters. The lowest BCUT2D eigenvalue weighted by Crippen LogP contribution is -2.14. The van der Waals surface area contributed by atoms with E-state index in [1.54, 1.807) is 41.3 Å². The number of rotatable bonds is 3. The third kappa shape index (κ3) is 3.18. The molecule has 0 radical (unpaired) electrons. The molecule has 22 heavy (non-hydrogen) atoms. The van der Waals surface area contributed by atoms with Crippen LogP contribution in [0.4, 0.5) is 5.69 Å². The standard InChI is InChI=1S/C15H10BrClN4O/c16-11-3-1-10(2-4-11)15(22)20-13-7-12(17)5-6-14(13)21-9-18-8-19-21/h1-9H,(H,20,22). The molecule has 0 atom stereocenters. The van der Waals surface area contributed by atoms with Gasteiger partial charge in [-0.05, 0) is 42.5 Å². The van der Waals surface area contributed by atoms with Crippen LogP contribution < -0.4 is 5.32 Å². The van der Waals surface area contributed by atoms with Crippen LogP contribution in [0.25, 0.3) is 5.69 Å². The first-order chi connectivity index (χ1) is 10.6. The lowest BCUT2D eigenvalue weighted by atomic mass is 10.2. The highest BCUT2D eigenvalue weighted by molar-refractivity contribution is 9.10. The van der Waals surface area contributed by atoms with Gasteiger partial charge >= 0.3 is 0 Å². The molecular weight excluding hydrogens is 368 g/mol. The average molecular weight is 378 g/mol. The predicted octanol–water partition coefficient (Wildman–Crippen LogP) is 3.94. The van der Waals surface area contributed by atoms with E-state index in [1.165, 1.54) is 6.33 Å². The molecule has 0 fully saturated rings. The number of hydrogen-bond acceptors (Lipinski definition) is 3. The van der Waals surface area contributed by atoms with Crippen LogP contribution in [0, 0.1) is 0 Å². The molecule has 0 saturated heterocycles. The molecule has 0 aliphatic heterocycles. The van der Waals surface area contributed by atoms with Gasteiger partial charge in [0.2, 0.25) is 0 Å². The summed E-state index contributed by atoms with van der Waals surface area (Å²) in [6.07, 6.45) is 2.98. The summed E-state index contributed by atoms with van der Waals surface area (Å²) in [5, 5.41) is 7.44. The maximum atomic E-state index is 12.3. The average Bonchev–Trinajstić information content (AvgIpc) is 3.02. The Morgan fingerprint density at radius 1 is 1.18 bits per heavy atom. The third-order valence-corrected chi connectivity index (χ3v) is 3.74. The fraction of sp³-hybridized carbons (Fsp3) is 0. The second-order valence-corrected chi connectivity index (χ2v) is 5.81. The Labute approximate surface area is 140 Å². The Bertz CT molecular complexity index is 803. The third-order valence-electron chi connectivity index (χ3n) is 2.98. The van der Waals surface area contributed by atoms with Gasteiger partial charge in [-0.1, -0.05) is 27.5 Å². The van der Waals surface area contributed by atoms with E-state index in [4.69, 9.17) is 11.6 Å². The monoisotopic (exact) mass is 376 g/mol. The second-order valence-electron chi connectivity index (χ2n) is 4.46. The fourth-order valence-electron chi connectivity index (χ4n) is 1.94. The Morgan fingerprint density at radius 3 is 2.64 bits per heavy atom. The molecule has 1 N–H and O–H groups in total. The van der Waals surface area contributed by atoms with E-state index in [9.17, 15) is 4.79 Å². The molecule has 0 bridgehead atoms. The number of anilines is 1. The van der Waals surface area contributed by atoms with Crippen LogP contribution >= 0.6 is 27.5 Å². The molecule has 0 aliphatic carbocycles. The van der Waals surface area contributed by atoms with Crippen LogP contribution in [-0.2, 0) is 0 Å². The molecule has 1 amide bonds. The van der Waals surface area contributed by atoms with Crippen molar-refractivity contribution in [1.29, 1.82) is 0 Å². The maximum absolute atomic E-state index is 12.3. The largest absolute Gasteiger partial charge is 0.320 e. The van der Waals surface area contributed by atoms with Crippen LogP contribution in [0.5, 0.6) is 0 Å². The topological polar surface area (TPSA) is 59.8 Å². The van der Waals surface area contributed by atoms with Gasteiger partial charge in [0.05, 0.1) is 11.4 Å². The number of aromatic nitrogens is 3. The van der Waals surface area contributed by atoms with Crippen molar-refractivity contribution < 1.29 is 4.79 Å². The Morgan fingerprint density at radius 2 is 1.95 bits per heavy atom. The highest BCUT2D eigenvalue weighted by Gasteiger charge is 2.11. The maximum Gasteiger partial charge on any atom is 0.255 e. The van der Waals surface area contributed by atoms with E-state index in [1.807, 2.05) is 12.1 Å².